The highest BCUT2D eigenvalue weighted by atomic mass is 79.9. The van der Waals surface area contributed by atoms with Crippen LogP contribution in [0.3, 0.4) is 0 Å². The molecule has 2 atom stereocenters. The summed E-state index contributed by atoms with van der Waals surface area (Å²) in [5, 5.41) is 0. The lowest BCUT2D eigenvalue weighted by Crippen LogP contribution is -2.29. The molecule has 0 saturated carbocycles. The molecule has 2 unspecified atom stereocenters. The maximum atomic E-state index is 12.7. The summed E-state index contributed by atoms with van der Waals surface area (Å²) in [6, 6.07) is 5.04. The molecule has 106 valence electrons. The maximum Gasteiger partial charge on any atom is 0.246 e. The number of benzene rings is 1. The number of sulfonamides is 1. The third kappa shape index (κ3) is 2.80. The van der Waals surface area contributed by atoms with Gasteiger partial charge in [0.2, 0.25) is 10.0 Å². The van der Waals surface area contributed by atoms with Crippen molar-refractivity contribution in [2.45, 2.75) is 18.7 Å². The van der Waals surface area contributed by atoms with Crippen LogP contribution in [0.1, 0.15) is 13.8 Å². The summed E-state index contributed by atoms with van der Waals surface area (Å²) in [6.45, 7) is 5.30. The van der Waals surface area contributed by atoms with Crippen LogP contribution in [-0.4, -0.2) is 32.9 Å². The number of rotatable bonds is 3. The van der Waals surface area contributed by atoms with Gasteiger partial charge in [0.15, 0.2) is 0 Å². The normalized spacial score (nSPS) is 24.6. The van der Waals surface area contributed by atoms with Crippen LogP contribution >= 0.6 is 15.9 Å². The summed E-state index contributed by atoms with van der Waals surface area (Å²) in [4.78, 5) is 0.227. The molecular formula is C13H18BrNO3S. The predicted octanol–water partition coefficient (Wildman–Crippen LogP) is 2.73. The molecule has 19 heavy (non-hydrogen) atoms. The van der Waals surface area contributed by atoms with Crippen LogP contribution in [0.2, 0.25) is 0 Å². The van der Waals surface area contributed by atoms with Crippen molar-refractivity contribution in [3.63, 3.8) is 0 Å². The first kappa shape index (κ1) is 14.8. The molecule has 0 N–H and O–H groups in total. The summed E-state index contributed by atoms with van der Waals surface area (Å²) in [5.74, 6) is 1.15. The minimum Gasteiger partial charge on any atom is -0.495 e. The Morgan fingerprint density at radius 2 is 1.84 bits per heavy atom. The van der Waals surface area contributed by atoms with Crippen LogP contribution in [0.25, 0.3) is 0 Å². The maximum absolute atomic E-state index is 12.7. The van der Waals surface area contributed by atoms with Crippen molar-refractivity contribution < 1.29 is 13.2 Å². The van der Waals surface area contributed by atoms with Crippen molar-refractivity contribution in [2.24, 2.45) is 11.8 Å². The van der Waals surface area contributed by atoms with Gasteiger partial charge in [0.25, 0.3) is 0 Å². The van der Waals surface area contributed by atoms with Gasteiger partial charge in [0.05, 0.1) is 7.11 Å². The van der Waals surface area contributed by atoms with E-state index < -0.39 is 10.0 Å². The van der Waals surface area contributed by atoms with E-state index in [9.17, 15) is 8.42 Å². The Kier molecular flexibility index (Phi) is 4.23. The topological polar surface area (TPSA) is 46.6 Å². The molecule has 0 radical (unpaired) electrons. The number of methoxy groups -OCH3 is 1. The Labute approximate surface area is 122 Å². The van der Waals surface area contributed by atoms with Gasteiger partial charge in [-0.2, -0.15) is 4.31 Å². The summed E-state index contributed by atoms with van der Waals surface area (Å²) in [7, 11) is -2.01. The van der Waals surface area contributed by atoms with E-state index in [1.165, 1.54) is 7.11 Å². The van der Waals surface area contributed by atoms with Gasteiger partial charge in [0.1, 0.15) is 10.6 Å². The average Bonchev–Trinajstić information content (AvgIpc) is 2.70. The fourth-order valence-electron chi connectivity index (χ4n) is 2.26. The quantitative estimate of drug-likeness (QED) is 0.844. The Morgan fingerprint density at radius 1 is 1.26 bits per heavy atom. The van der Waals surface area contributed by atoms with Crippen LogP contribution in [0.5, 0.6) is 5.75 Å². The van der Waals surface area contributed by atoms with E-state index >= 15 is 0 Å². The summed E-state index contributed by atoms with van der Waals surface area (Å²) in [6.07, 6.45) is 0. The number of hydrogen-bond acceptors (Lipinski definition) is 3. The molecule has 1 aromatic carbocycles. The van der Waals surface area contributed by atoms with Crippen LogP contribution < -0.4 is 4.74 Å². The van der Waals surface area contributed by atoms with Gasteiger partial charge in [-0.1, -0.05) is 29.8 Å². The van der Waals surface area contributed by atoms with E-state index in [0.717, 1.165) is 4.47 Å². The first-order valence-electron chi connectivity index (χ1n) is 6.20. The van der Waals surface area contributed by atoms with E-state index in [0.29, 0.717) is 30.7 Å². The van der Waals surface area contributed by atoms with Gasteiger partial charge >= 0.3 is 0 Å². The highest BCUT2D eigenvalue weighted by Gasteiger charge is 2.36. The lowest BCUT2D eigenvalue weighted by Gasteiger charge is -2.18. The third-order valence-electron chi connectivity index (χ3n) is 3.70. The van der Waals surface area contributed by atoms with Crippen molar-refractivity contribution in [1.29, 1.82) is 0 Å². The molecule has 0 bridgehead atoms. The zero-order valence-electron chi connectivity index (χ0n) is 11.3. The Balaban J connectivity index is 2.43. The largest absolute Gasteiger partial charge is 0.495 e. The standard InChI is InChI=1S/C13H18BrNO3S/c1-9-7-15(8-10(9)2)19(16,17)13-6-11(14)4-5-12(13)18-3/h4-6,9-10H,7-8H2,1-3H3. The Morgan fingerprint density at radius 3 is 2.37 bits per heavy atom. The number of hydrogen-bond donors (Lipinski definition) is 0. The second-order valence-electron chi connectivity index (χ2n) is 5.07. The van der Waals surface area contributed by atoms with Crippen molar-refractivity contribution >= 4 is 26.0 Å². The second-order valence-corrected chi connectivity index (χ2v) is 7.89. The summed E-state index contributed by atoms with van der Waals surface area (Å²) in [5.41, 5.74) is 0. The molecule has 6 heteroatoms. The first-order chi connectivity index (χ1) is 8.86. The number of nitrogens with zero attached hydrogens (tertiary/aromatic N) is 1. The fraction of sp³-hybridized carbons (Fsp3) is 0.538. The van der Waals surface area contributed by atoms with E-state index in [1.807, 2.05) is 0 Å². The Bertz CT molecular complexity index is 563. The molecule has 0 amide bonds. The van der Waals surface area contributed by atoms with Gasteiger partial charge in [-0.15, -0.1) is 0 Å². The third-order valence-corrected chi connectivity index (χ3v) is 6.04. The van der Waals surface area contributed by atoms with E-state index in [4.69, 9.17) is 4.74 Å². The molecule has 1 aliphatic heterocycles. The second kappa shape index (κ2) is 5.42. The van der Waals surface area contributed by atoms with Crippen LogP contribution in [0.15, 0.2) is 27.6 Å². The van der Waals surface area contributed by atoms with Gasteiger partial charge in [-0.3, -0.25) is 0 Å². The molecule has 1 saturated heterocycles. The van der Waals surface area contributed by atoms with Crippen LogP contribution in [0.4, 0.5) is 0 Å². The molecule has 2 rings (SSSR count). The molecule has 1 aliphatic rings. The predicted molar refractivity (Wildman–Crippen MR) is 77.8 cm³/mol. The van der Waals surface area contributed by atoms with Crippen molar-refractivity contribution in [1.82, 2.24) is 4.31 Å². The molecular weight excluding hydrogens is 330 g/mol. The van der Waals surface area contributed by atoms with Crippen LogP contribution in [-0.2, 0) is 10.0 Å². The lowest BCUT2D eigenvalue weighted by atomic mass is 10.0. The molecule has 0 aromatic heterocycles. The molecule has 0 aliphatic carbocycles. The number of ether oxygens (including phenoxy) is 1. The van der Waals surface area contributed by atoms with Crippen LogP contribution in [0, 0.1) is 11.8 Å². The molecule has 4 nitrogen and oxygen atoms in total. The molecule has 1 fully saturated rings. The summed E-state index contributed by atoms with van der Waals surface area (Å²) < 4.78 is 32.8. The monoisotopic (exact) mass is 347 g/mol. The van der Waals surface area contributed by atoms with E-state index in [1.54, 1.807) is 22.5 Å². The minimum absolute atomic E-state index is 0.227. The highest BCUT2D eigenvalue weighted by molar-refractivity contribution is 9.10. The number of halogens is 1. The van der Waals surface area contributed by atoms with E-state index in [-0.39, 0.29) is 4.90 Å². The average molecular weight is 348 g/mol. The molecule has 0 spiro atoms. The highest BCUT2D eigenvalue weighted by Crippen LogP contribution is 2.33. The fourth-order valence-corrected chi connectivity index (χ4v) is 4.60. The molecule has 1 heterocycles. The first-order valence-corrected chi connectivity index (χ1v) is 8.43. The van der Waals surface area contributed by atoms with Gasteiger partial charge in [-0.25, -0.2) is 8.42 Å². The van der Waals surface area contributed by atoms with Crippen molar-refractivity contribution in [2.75, 3.05) is 20.2 Å². The minimum atomic E-state index is -3.49. The van der Waals surface area contributed by atoms with Crippen molar-refractivity contribution in [3.8, 4) is 5.75 Å². The van der Waals surface area contributed by atoms with Gasteiger partial charge < -0.3 is 4.74 Å². The zero-order chi connectivity index (χ0) is 14.2. The molecule has 1 aromatic rings. The summed E-state index contributed by atoms with van der Waals surface area (Å²) >= 11 is 3.31. The van der Waals surface area contributed by atoms with Gasteiger partial charge in [0, 0.05) is 17.6 Å². The zero-order valence-corrected chi connectivity index (χ0v) is 13.7. The lowest BCUT2D eigenvalue weighted by molar-refractivity contribution is 0.397. The smallest absolute Gasteiger partial charge is 0.246 e. The van der Waals surface area contributed by atoms with E-state index in [2.05, 4.69) is 29.8 Å². The van der Waals surface area contributed by atoms with Gasteiger partial charge in [-0.05, 0) is 30.0 Å². The van der Waals surface area contributed by atoms with Crippen molar-refractivity contribution in [3.05, 3.63) is 22.7 Å². The Hall–Kier alpha value is -0.590. The SMILES string of the molecule is COc1ccc(Br)cc1S(=O)(=O)N1CC(C)C(C)C1.